The standard InChI is InChI=1S/C14H13N3O3S2/c1-17(2)22(19,20)11-7-13(21-9-11)14(18)16-12-6-4-3-5-10(12)8-15/h3-7,9H,1-2H3,(H,16,18). The Kier molecular flexibility index (Phi) is 4.61. The molecule has 1 heterocycles. The van der Waals surface area contributed by atoms with Gasteiger partial charge in [-0.3, -0.25) is 4.79 Å². The van der Waals surface area contributed by atoms with Crippen LogP contribution in [0.15, 0.2) is 40.6 Å². The van der Waals surface area contributed by atoms with E-state index in [1.807, 2.05) is 6.07 Å². The van der Waals surface area contributed by atoms with Crippen molar-refractivity contribution >= 4 is 33.0 Å². The molecule has 2 rings (SSSR count). The number of sulfonamides is 1. The van der Waals surface area contributed by atoms with Gasteiger partial charge in [0.15, 0.2) is 0 Å². The monoisotopic (exact) mass is 335 g/mol. The first-order valence-corrected chi connectivity index (χ1v) is 8.50. The molecule has 1 amide bonds. The van der Waals surface area contributed by atoms with Crippen LogP contribution in [0.5, 0.6) is 0 Å². The van der Waals surface area contributed by atoms with Crippen molar-refractivity contribution in [2.45, 2.75) is 4.90 Å². The number of anilines is 1. The third-order valence-corrected chi connectivity index (χ3v) is 5.74. The maximum absolute atomic E-state index is 12.2. The fourth-order valence-electron chi connectivity index (χ4n) is 1.66. The Hall–Kier alpha value is -2.21. The van der Waals surface area contributed by atoms with Crippen molar-refractivity contribution in [1.29, 1.82) is 5.26 Å². The highest BCUT2D eigenvalue weighted by atomic mass is 32.2. The van der Waals surface area contributed by atoms with Gasteiger partial charge in [-0.05, 0) is 18.2 Å². The normalized spacial score (nSPS) is 11.2. The zero-order chi connectivity index (χ0) is 16.3. The summed E-state index contributed by atoms with van der Waals surface area (Å²) in [4.78, 5) is 12.5. The second kappa shape index (κ2) is 6.27. The van der Waals surface area contributed by atoms with Crippen LogP contribution in [0.1, 0.15) is 15.2 Å². The molecule has 2 aromatic rings. The van der Waals surface area contributed by atoms with E-state index in [2.05, 4.69) is 5.32 Å². The molecule has 0 aliphatic rings. The van der Waals surface area contributed by atoms with Crippen LogP contribution in [-0.4, -0.2) is 32.7 Å². The van der Waals surface area contributed by atoms with Crippen molar-refractivity contribution in [3.05, 3.63) is 46.2 Å². The average molecular weight is 335 g/mol. The van der Waals surface area contributed by atoms with Gasteiger partial charge in [-0.15, -0.1) is 11.3 Å². The second-order valence-corrected chi connectivity index (χ2v) is 7.61. The van der Waals surface area contributed by atoms with Crippen LogP contribution in [-0.2, 0) is 10.0 Å². The van der Waals surface area contributed by atoms with Gasteiger partial charge in [0.1, 0.15) is 6.07 Å². The van der Waals surface area contributed by atoms with E-state index >= 15 is 0 Å². The van der Waals surface area contributed by atoms with Crippen molar-refractivity contribution in [2.24, 2.45) is 0 Å². The number of nitrogens with one attached hydrogen (secondary N) is 1. The quantitative estimate of drug-likeness (QED) is 0.926. The first-order chi connectivity index (χ1) is 10.4. The Labute approximate surface area is 132 Å². The summed E-state index contributed by atoms with van der Waals surface area (Å²) < 4.78 is 25.1. The fourth-order valence-corrected chi connectivity index (χ4v) is 3.72. The van der Waals surface area contributed by atoms with Gasteiger partial charge in [-0.25, -0.2) is 12.7 Å². The number of para-hydroxylation sites is 1. The van der Waals surface area contributed by atoms with E-state index in [9.17, 15) is 13.2 Å². The molecule has 6 nitrogen and oxygen atoms in total. The Bertz CT molecular complexity index is 848. The van der Waals surface area contributed by atoms with Crippen LogP contribution in [0.3, 0.4) is 0 Å². The smallest absolute Gasteiger partial charge is 0.265 e. The summed E-state index contributed by atoms with van der Waals surface area (Å²) >= 11 is 1.03. The number of amides is 1. The lowest BCUT2D eigenvalue weighted by Gasteiger charge is -2.08. The van der Waals surface area contributed by atoms with Crippen LogP contribution >= 0.6 is 11.3 Å². The minimum Gasteiger partial charge on any atom is -0.320 e. The number of carbonyl (C=O) groups is 1. The molecule has 1 N–H and O–H groups in total. The summed E-state index contributed by atoms with van der Waals surface area (Å²) in [5, 5.41) is 13.0. The van der Waals surface area contributed by atoms with E-state index < -0.39 is 15.9 Å². The van der Waals surface area contributed by atoms with Crippen LogP contribution in [0.2, 0.25) is 0 Å². The number of benzene rings is 1. The zero-order valence-corrected chi connectivity index (χ0v) is 13.5. The van der Waals surface area contributed by atoms with Crippen molar-refractivity contribution in [1.82, 2.24) is 4.31 Å². The van der Waals surface area contributed by atoms with E-state index in [1.165, 1.54) is 25.5 Å². The zero-order valence-electron chi connectivity index (χ0n) is 11.9. The summed E-state index contributed by atoms with van der Waals surface area (Å²) in [6.07, 6.45) is 0. The van der Waals surface area contributed by atoms with E-state index in [-0.39, 0.29) is 9.77 Å². The van der Waals surface area contributed by atoms with Crippen molar-refractivity contribution in [2.75, 3.05) is 19.4 Å². The van der Waals surface area contributed by atoms with Crippen LogP contribution in [0.25, 0.3) is 0 Å². The predicted molar refractivity (Wildman–Crippen MR) is 84.3 cm³/mol. The van der Waals surface area contributed by atoms with E-state index in [0.717, 1.165) is 15.6 Å². The highest BCUT2D eigenvalue weighted by Gasteiger charge is 2.21. The molecule has 114 valence electrons. The van der Waals surface area contributed by atoms with Crippen molar-refractivity contribution < 1.29 is 13.2 Å². The Morgan fingerprint density at radius 1 is 1.32 bits per heavy atom. The lowest BCUT2D eigenvalue weighted by Crippen LogP contribution is -2.21. The summed E-state index contributed by atoms with van der Waals surface area (Å²) in [6, 6.07) is 9.91. The molecule has 0 aliphatic heterocycles. The summed E-state index contributed by atoms with van der Waals surface area (Å²) in [5.74, 6) is -0.451. The molecule has 0 saturated heterocycles. The van der Waals surface area contributed by atoms with Gasteiger partial charge in [0.2, 0.25) is 10.0 Å². The van der Waals surface area contributed by atoms with Gasteiger partial charge in [-0.2, -0.15) is 5.26 Å². The van der Waals surface area contributed by atoms with Gasteiger partial charge in [0.05, 0.1) is 21.0 Å². The third kappa shape index (κ3) is 3.17. The third-order valence-electron chi connectivity index (χ3n) is 2.87. The minimum atomic E-state index is -3.56. The molecule has 8 heteroatoms. The van der Waals surface area contributed by atoms with E-state index in [1.54, 1.807) is 24.3 Å². The number of nitrogens with zero attached hydrogens (tertiary/aromatic N) is 2. The highest BCUT2D eigenvalue weighted by Crippen LogP contribution is 2.23. The Morgan fingerprint density at radius 3 is 2.64 bits per heavy atom. The second-order valence-electron chi connectivity index (χ2n) is 4.55. The van der Waals surface area contributed by atoms with E-state index in [4.69, 9.17) is 5.26 Å². The topological polar surface area (TPSA) is 90.3 Å². The maximum atomic E-state index is 12.2. The number of rotatable bonds is 4. The molecule has 1 aromatic heterocycles. The van der Waals surface area contributed by atoms with Crippen LogP contribution < -0.4 is 5.32 Å². The van der Waals surface area contributed by atoms with E-state index in [0.29, 0.717) is 11.3 Å². The summed E-state index contributed by atoms with van der Waals surface area (Å²) in [7, 11) is -0.711. The maximum Gasteiger partial charge on any atom is 0.265 e. The Morgan fingerprint density at radius 2 is 2.00 bits per heavy atom. The lowest BCUT2D eigenvalue weighted by atomic mass is 10.2. The van der Waals surface area contributed by atoms with Crippen molar-refractivity contribution in [3.63, 3.8) is 0 Å². The molecule has 0 bridgehead atoms. The van der Waals surface area contributed by atoms with Gasteiger partial charge in [-0.1, -0.05) is 12.1 Å². The average Bonchev–Trinajstić information content (AvgIpc) is 2.98. The van der Waals surface area contributed by atoms with Gasteiger partial charge < -0.3 is 5.32 Å². The molecule has 0 radical (unpaired) electrons. The molecule has 0 unspecified atom stereocenters. The molecular formula is C14H13N3O3S2. The molecular weight excluding hydrogens is 322 g/mol. The molecule has 0 saturated carbocycles. The number of carbonyl (C=O) groups excluding carboxylic acids is 1. The SMILES string of the molecule is CN(C)S(=O)(=O)c1csc(C(=O)Nc2ccccc2C#N)c1. The van der Waals surface area contributed by atoms with Crippen LogP contribution in [0, 0.1) is 11.3 Å². The molecule has 0 spiro atoms. The lowest BCUT2D eigenvalue weighted by molar-refractivity contribution is 0.103. The number of hydrogen-bond acceptors (Lipinski definition) is 5. The summed E-state index contributed by atoms with van der Waals surface area (Å²) in [5.41, 5.74) is 0.731. The number of thiophene rings is 1. The van der Waals surface area contributed by atoms with Crippen molar-refractivity contribution in [3.8, 4) is 6.07 Å². The molecule has 0 atom stereocenters. The Balaban J connectivity index is 2.26. The molecule has 22 heavy (non-hydrogen) atoms. The molecule has 1 aromatic carbocycles. The first-order valence-electron chi connectivity index (χ1n) is 6.18. The summed E-state index contributed by atoms with van der Waals surface area (Å²) in [6.45, 7) is 0. The first kappa shape index (κ1) is 16.2. The molecule has 0 aliphatic carbocycles. The predicted octanol–water partition coefficient (Wildman–Crippen LogP) is 2.12. The number of hydrogen-bond donors (Lipinski definition) is 1. The largest absolute Gasteiger partial charge is 0.320 e. The van der Waals surface area contributed by atoms with Gasteiger partial charge in [0.25, 0.3) is 5.91 Å². The number of nitriles is 1. The van der Waals surface area contributed by atoms with Gasteiger partial charge >= 0.3 is 0 Å². The van der Waals surface area contributed by atoms with Gasteiger partial charge in [0, 0.05) is 19.5 Å². The molecule has 0 fully saturated rings. The van der Waals surface area contributed by atoms with Crippen LogP contribution in [0.4, 0.5) is 5.69 Å². The highest BCUT2D eigenvalue weighted by molar-refractivity contribution is 7.89. The minimum absolute atomic E-state index is 0.0706. The fraction of sp³-hybridized carbons (Fsp3) is 0.143.